The lowest BCUT2D eigenvalue weighted by atomic mass is 10.1. The minimum Gasteiger partial charge on any atom is -0.396 e. The normalized spacial score (nSPS) is 22.4. The van der Waals surface area contributed by atoms with Gasteiger partial charge in [-0.1, -0.05) is 0 Å². The van der Waals surface area contributed by atoms with E-state index in [2.05, 4.69) is 11.9 Å². The molecule has 1 fully saturated rings. The number of aliphatic hydroxyl groups excluding tert-OH is 1. The van der Waals surface area contributed by atoms with E-state index in [1.165, 1.54) is 25.9 Å². The van der Waals surface area contributed by atoms with Crippen LogP contribution in [-0.2, 0) is 0 Å². The van der Waals surface area contributed by atoms with Crippen LogP contribution in [0.3, 0.4) is 0 Å². The van der Waals surface area contributed by atoms with Gasteiger partial charge in [0.2, 0.25) is 0 Å². The molecule has 0 unspecified atom stereocenters. The lowest BCUT2D eigenvalue weighted by molar-refractivity contribution is 0.281. The molecule has 0 aliphatic carbocycles. The summed E-state index contributed by atoms with van der Waals surface area (Å²) in [5.74, 6) is 0.911. The molecule has 1 aliphatic rings. The topological polar surface area (TPSA) is 23.5 Å². The van der Waals surface area contributed by atoms with Gasteiger partial charge in [-0.2, -0.15) is 11.8 Å². The predicted molar refractivity (Wildman–Crippen MR) is 50.1 cm³/mol. The molecule has 66 valence electrons. The van der Waals surface area contributed by atoms with Crippen LogP contribution in [0.2, 0.25) is 0 Å². The van der Waals surface area contributed by atoms with Crippen LogP contribution in [0.15, 0.2) is 0 Å². The van der Waals surface area contributed by atoms with Gasteiger partial charge in [0.05, 0.1) is 6.61 Å². The van der Waals surface area contributed by atoms with E-state index in [1.54, 1.807) is 0 Å². The molecule has 1 N–H and O–H groups in total. The van der Waals surface area contributed by atoms with Crippen LogP contribution >= 0.6 is 11.8 Å². The fourth-order valence-electron chi connectivity index (χ4n) is 1.37. The van der Waals surface area contributed by atoms with Gasteiger partial charge < -0.3 is 10.0 Å². The third-order valence-electron chi connectivity index (χ3n) is 2.11. The van der Waals surface area contributed by atoms with E-state index in [0.717, 1.165) is 11.0 Å². The largest absolute Gasteiger partial charge is 0.396 e. The Kier molecular flexibility index (Phi) is 4.26. The number of likely N-dealkylation sites (tertiary alicyclic amines) is 1. The average molecular weight is 175 g/mol. The smallest absolute Gasteiger partial charge is 0.0521 e. The third-order valence-corrected chi connectivity index (χ3v) is 3.47. The average Bonchev–Trinajstić information content (AvgIpc) is 2.04. The lowest BCUT2D eigenvalue weighted by Gasteiger charge is -2.28. The number of hydrogen-bond acceptors (Lipinski definition) is 3. The molecule has 1 aliphatic heterocycles. The molecule has 0 atom stereocenters. The monoisotopic (exact) mass is 175 g/mol. The molecule has 0 aromatic heterocycles. The van der Waals surface area contributed by atoms with Crippen molar-refractivity contribution >= 4 is 11.8 Å². The molecule has 3 heteroatoms. The van der Waals surface area contributed by atoms with Crippen molar-refractivity contribution in [3.05, 3.63) is 0 Å². The first kappa shape index (κ1) is 9.36. The maximum absolute atomic E-state index is 8.62. The minimum atomic E-state index is 0.330. The highest BCUT2D eigenvalue weighted by atomic mass is 32.2. The standard InChI is InChI=1S/C8H17NOS/c1-9-4-2-8(3-5-9)11-7-6-10/h8,10H,2-7H2,1H3. The van der Waals surface area contributed by atoms with E-state index in [-0.39, 0.29) is 0 Å². The summed E-state index contributed by atoms with van der Waals surface area (Å²) in [5.41, 5.74) is 0. The van der Waals surface area contributed by atoms with Gasteiger partial charge in [0.1, 0.15) is 0 Å². The van der Waals surface area contributed by atoms with Crippen molar-refractivity contribution in [3.63, 3.8) is 0 Å². The van der Waals surface area contributed by atoms with Crippen LogP contribution in [0.1, 0.15) is 12.8 Å². The molecule has 2 nitrogen and oxygen atoms in total. The van der Waals surface area contributed by atoms with E-state index in [1.807, 2.05) is 11.8 Å². The molecule has 11 heavy (non-hydrogen) atoms. The minimum absolute atomic E-state index is 0.330. The van der Waals surface area contributed by atoms with Gasteiger partial charge in [0.25, 0.3) is 0 Å². The first-order valence-corrected chi connectivity index (χ1v) is 5.29. The molecule has 0 radical (unpaired) electrons. The molecular weight excluding hydrogens is 158 g/mol. The second kappa shape index (κ2) is 5.01. The summed E-state index contributed by atoms with van der Waals surface area (Å²) in [6.45, 7) is 2.78. The summed E-state index contributed by atoms with van der Waals surface area (Å²) in [6.07, 6.45) is 2.59. The van der Waals surface area contributed by atoms with Crippen molar-refractivity contribution in [2.24, 2.45) is 0 Å². The maximum Gasteiger partial charge on any atom is 0.0521 e. The molecule has 0 aromatic carbocycles. The SMILES string of the molecule is CN1CCC(SCCO)CC1. The van der Waals surface area contributed by atoms with E-state index < -0.39 is 0 Å². The third kappa shape index (κ3) is 3.45. The lowest BCUT2D eigenvalue weighted by Crippen LogP contribution is -2.31. The Morgan fingerprint density at radius 1 is 1.45 bits per heavy atom. The number of piperidine rings is 1. The van der Waals surface area contributed by atoms with E-state index >= 15 is 0 Å². The van der Waals surface area contributed by atoms with Crippen molar-refractivity contribution in [2.45, 2.75) is 18.1 Å². The molecule has 0 amide bonds. The molecule has 1 rings (SSSR count). The van der Waals surface area contributed by atoms with Gasteiger partial charge >= 0.3 is 0 Å². The molecule has 0 bridgehead atoms. The van der Waals surface area contributed by atoms with Gasteiger partial charge in [0.15, 0.2) is 0 Å². The van der Waals surface area contributed by atoms with Crippen LogP contribution in [0.25, 0.3) is 0 Å². The Morgan fingerprint density at radius 2 is 2.09 bits per heavy atom. The molecular formula is C8H17NOS. The van der Waals surface area contributed by atoms with Crippen molar-refractivity contribution in [3.8, 4) is 0 Å². The second-order valence-corrected chi connectivity index (χ2v) is 4.51. The quantitative estimate of drug-likeness (QED) is 0.686. The van der Waals surface area contributed by atoms with Gasteiger partial charge in [-0.15, -0.1) is 0 Å². The highest BCUT2D eigenvalue weighted by Crippen LogP contribution is 2.21. The van der Waals surface area contributed by atoms with E-state index in [0.29, 0.717) is 6.61 Å². The molecule has 1 saturated heterocycles. The highest BCUT2D eigenvalue weighted by molar-refractivity contribution is 7.99. The summed E-state index contributed by atoms with van der Waals surface area (Å²) < 4.78 is 0. The Hall–Kier alpha value is 0.270. The first-order chi connectivity index (χ1) is 5.33. The Balaban J connectivity index is 2.07. The molecule has 0 aromatic rings. The fraction of sp³-hybridized carbons (Fsp3) is 1.00. The highest BCUT2D eigenvalue weighted by Gasteiger charge is 2.15. The molecule has 0 saturated carbocycles. The summed E-state index contributed by atoms with van der Waals surface area (Å²) in [7, 11) is 2.17. The zero-order valence-corrected chi connectivity index (χ0v) is 7.94. The summed E-state index contributed by atoms with van der Waals surface area (Å²) in [5, 5.41) is 9.42. The van der Waals surface area contributed by atoms with Crippen LogP contribution < -0.4 is 0 Å². The number of hydrogen-bond donors (Lipinski definition) is 1. The van der Waals surface area contributed by atoms with Crippen LogP contribution in [0.5, 0.6) is 0 Å². The molecule has 0 spiro atoms. The zero-order valence-electron chi connectivity index (χ0n) is 7.12. The first-order valence-electron chi connectivity index (χ1n) is 4.24. The molecule has 1 heterocycles. The zero-order chi connectivity index (χ0) is 8.10. The number of nitrogens with zero attached hydrogens (tertiary/aromatic N) is 1. The van der Waals surface area contributed by atoms with Crippen molar-refractivity contribution in [1.29, 1.82) is 0 Å². The van der Waals surface area contributed by atoms with Gasteiger partial charge in [-0.3, -0.25) is 0 Å². The summed E-state index contributed by atoms with van der Waals surface area (Å²) in [4.78, 5) is 2.37. The van der Waals surface area contributed by atoms with Gasteiger partial charge in [-0.25, -0.2) is 0 Å². The van der Waals surface area contributed by atoms with Crippen LogP contribution in [0, 0.1) is 0 Å². The van der Waals surface area contributed by atoms with Crippen molar-refractivity contribution in [1.82, 2.24) is 4.90 Å². The summed E-state index contributed by atoms with van der Waals surface area (Å²) >= 11 is 1.92. The van der Waals surface area contributed by atoms with E-state index in [4.69, 9.17) is 5.11 Å². The number of thioether (sulfide) groups is 1. The van der Waals surface area contributed by atoms with Crippen LogP contribution in [0.4, 0.5) is 0 Å². The number of aliphatic hydroxyl groups is 1. The van der Waals surface area contributed by atoms with E-state index in [9.17, 15) is 0 Å². The van der Waals surface area contributed by atoms with Crippen molar-refractivity contribution in [2.75, 3.05) is 32.5 Å². The Labute approximate surface area is 73.0 Å². The summed E-state index contributed by atoms with van der Waals surface area (Å²) in [6, 6.07) is 0. The van der Waals surface area contributed by atoms with Crippen LogP contribution in [-0.4, -0.2) is 47.8 Å². The predicted octanol–water partition coefficient (Wildman–Crippen LogP) is 0.806. The Morgan fingerprint density at radius 3 is 2.64 bits per heavy atom. The number of rotatable bonds is 3. The van der Waals surface area contributed by atoms with Gasteiger partial charge in [-0.05, 0) is 33.0 Å². The maximum atomic E-state index is 8.62. The fourth-order valence-corrected chi connectivity index (χ4v) is 2.35. The van der Waals surface area contributed by atoms with Crippen molar-refractivity contribution < 1.29 is 5.11 Å². The van der Waals surface area contributed by atoms with Gasteiger partial charge in [0, 0.05) is 11.0 Å². The second-order valence-electron chi connectivity index (χ2n) is 3.10. The Bertz CT molecular complexity index is 99.5.